The number of alkyl halides is 1. The van der Waals surface area contributed by atoms with Gasteiger partial charge in [-0.1, -0.05) is 65.1 Å². The molecule has 0 aliphatic carbocycles. The van der Waals surface area contributed by atoms with Gasteiger partial charge in [-0.15, -0.1) is 0 Å². The fourth-order valence-electron chi connectivity index (χ4n) is 0.745. The van der Waals surface area contributed by atoms with Crippen LogP contribution in [0.15, 0.2) is 36.4 Å². The van der Waals surface area contributed by atoms with Crippen molar-refractivity contribution in [3.05, 3.63) is 42.0 Å². The average molecular weight is 244 g/mol. The highest BCUT2D eigenvalue weighted by Crippen LogP contribution is 2.00. The molecule has 0 aliphatic rings. The van der Waals surface area contributed by atoms with Gasteiger partial charge in [-0.25, -0.2) is 0 Å². The summed E-state index contributed by atoms with van der Waals surface area (Å²) in [6, 6.07) is 10.3. The lowest BCUT2D eigenvalue weighted by Crippen LogP contribution is -1.67. The Hall–Kier alpha value is -0.310. The molecule has 0 nitrogen and oxygen atoms in total. The van der Waals surface area contributed by atoms with E-state index >= 15 is 0 Å². The first kappa shape index (κ1) is 7.79. The maximum atomic E-state index is 2.33. The van der Waals surface area contributed by atoms with Crippen LogP contribution in [0, 0.1) is 0 Å². The van der Waals surface area contributed by atoms with Crippen LogP contribution >= 0.6 is 22.6 Å². The molecule has 0 saturated carbocycles. The molecule has 0 aliphatic heterocycles. The molecule has 0 spiro atoms. The summed E-state index contributed by atoms with van der Waals surface area (Å²) in [7, 11) is 0. The van der Waals surface area contributed by atoms with Gasteiger partial charge >= 0.3 is 0 Å². The quantitative estimate of drug-likeness (QED) is 0.553. The second kappa shape index (κ2) is 4.50. The van der Waals surface area contributed by atoms with E-state index in [9.17, 15) is 0 Å². The van der Waals surface area contributed by atoms with Crippen LogP contribution in [0.3, 0.4) is 0 Å². The molecule has 0 unspecified atom stereocenters. The summed E-state index contributed by atoms with van der Waals surface area (Å²) in [5.41, 5.74) is 1.28. The summed E-state index contributed by atoms with van der Waals surface area (Å²) in [4.78, 5) is 0. The van der Waals surface area contributed by atoms with Crippen LogP contribution in [0.5, 0.6) is 0 Å². The van der Waals surface area contributed by atoms with Crippen LogP contribution in [0.2, 0.25) is 0 Å². The number of hydrogen-bond donors (Lipinski definition) is 0. The summed E-state index contributed by atoms with van der Waals surface area (Å²) < 4.78 is 1.08. The summed E-state index contributed by atoms with van der Waals surface area (Å²) in [5, 5.41) is 0. The van der Waals surface area contributed by atoms with E-state index in [0.717, 1.165) is 4.43 Å². The molecule has 1 aromatic rings. The monoisotopic (exact) mass is 244 g/mol. The molecule has 1 aromatic carbocycles. The first-order valence-electron chi connectivity index (χ1n) is 3.21. The van der Waals surface area contributed by atoms with E-state index < -0.39 is 0 Å². The molecular formula is C9H9I. The van der Waals surface area contributed by atoms with E-state index in [1.165, 1.54) is 5.56 Å². The SMILES string of the molecule is ICC=Cc1ccccc1. The van der Waals surface area contributed by atoms with Crippen molar-refractivity contribution in [1.82, 2.24) is 0 Å². The van der Waals surface area contributed by atoms with Crippen molar-refractivity contribution in [2.75, 3.05) is 4.43 Å². The molecule has 0 radical (unpaired) electrons. The zero-order chi connectivity index (χ0) is 7.23. The number of allylic oxidation sites excluding steroid dienone is 1. The second-order valence-corrected chi connectivity index (χ2v) is 2.85. The minimum Gasteiger partial charge on any atom is -0.0818 e. The Morgan fingerprint density at radius 3 is 2.50 bits per heavy atom. The van der Waals surface area contributed by atoms with Gasteiger partial charge in [0.05, 0.1) is 0 Å². The Morgan fingerprint density at radius 2 is 1.90 bits per heavy atom. The molecule has 0 N–H and O–H groups in total. The molecule has 0 saturated heterocycles. The van der Waals surface area contributed by atoms with Crippen LogP contribution in [-0.4, -0.2) is 4.43 Å². The third kappa shape index (κ3) is 2.52. The number of benzene rings is 1. The molecule has 0 atom stereocenters. The maximum Gasteiger partial charge on any atom is 0.0179 e. The van der Waals surface area contributed by atoms with E-state index in [4.69, 9.17) is 0 Å². The fourth-order valence-corrected chi connectivity index (χ4v) is 0.999. The van der Waals surface area contributed by atoms with E-state index in [0.29, 0.717) is 0 Å². The van der Waals surface area contributed by atoms with E-state index in [1.807, 2.05) is 18.2 Å². The standard InChI is InChI=1S/C9H9I/c10-8-4-7-9-5-2-1-3-6-9/h1-7H,8H2. The van der Waals surface area contributed by atoms with Crippen molar-refractivity contribution < 1.29 is 0 Å². The topological polar surface area (TPSA) is 0 Å². The van der Waals surface area contributed by atoms with Gasteiger partial charge in [0.15, 0.2) is 0 Å². The molecular weight excluding hydrogens is 235 g/mol. The smallest absolute Gasteiger partial charge is 0.0179 e. The van der Waals surface area contributed by atoms with E-state index in [2.05, 4.69) is 46.9 Å². The molecule has 52 valence electrons. The van der Waals surface area contributed by atoms with Crippen molar-refractivity contribution in [3.63, 3.8) is 0 Å². The summed E-state index contributed by atoms with van der Waals surface area (Å²) in [5.74, 6) is 0. The van der Waals surface area contributed by atoms with Crippen molar-refractivity contribution >= 4 is 28.7 Å². The van der Waals surface area contributed by atoms with E-state index in [1.54, 1.807) is 0 Å². The molecule has 0 bridgehead atoms. The van der Waals surface area contributed by atoms with Gasteiger partial charge < -0.3 is 0 Å². The largest absolute Gasteiger partial charge is 0.0818 e. The first-order valence-corrected chi connectivity index (χ1v) is 4.73. The van der Waals surface area contributed by atoms with Gasteiger partial charge in [-0.05, 0) is 5.56 Å². The maximum absolute atomic E-state index is 2.33. The van der Waals surface area contributed by atoms with Gasteiger partial charge in [0, 0.05) is 4.43 Å². The molecule has 1 heteroatoms. The first-order chi connectivity index (χ1) is 4.93. The Kier molecular flexibility index (Phi) is 3.50. The highest BCUT2D eigenvalue weighted by molar-refractivity contribution is 14.1. The van der Waals surface area contributed by atoms with Crippen LogP contribution < -0.4 is 0 Å². The number of hydrogen-bond acceptors (Lipinski definition) is 0. The van der Waals surface area contributed by atoms with Crippen LogP contribution in [0.4, 0.5) is 0 Å². The van der Waals surface area contributed by atoms with Gasteiger partial charge in [-0.3, -0.25) is 0 Å². The fraction of sp³-hybridized carbons (Fsp3) is 0.111. The summed E-state index contributed by atoms with van der Waals surface area (Å²) in [6.45, 7) is 0. The lowest BCUT2D eigenvalue weighted by atomic mass is 10.2. The molecule has 10 heavy (non-hydrogen) atoms. The van der Waals surface area contributed by atoms with Crippen molar-refractivity contribution in [1.29, 1.82) is 0 Å². The third-order valence-electron chi connectivity index (χ3n) is 1.20. The van der Waals surface area contributed by atoms with Crippen molar-refractivity contribution in [2.24, 2.45) is 0 Å². The second-order valence-electron chi connectivity index (χ2n) is 1.97. The van der Waals surface area contributed by atoms with Gasteiger partial charge in [-0.2, -0.15) is 0 Å². The van der Waals surface area contributed by atoms with Crippen molar-refractivity contribution in [2.45, 2.75) is 0 Å². The predicted octanol–water partition coefficient (Wildman–Crippen LogP) is 3.13. The summed E-state index contributed by atoms with van der Waals surface area (Å²) in [6.07, 6.45) is 4.28. The highest BCUT2D eigenvalue weighted by atomic mass is 127. The Balaban J connectivity index is 2.67. The lowest BCUT2D eigenvalue weighted by molar-refractivity contribution is 1.65. The van der Waals surface area contributed by atoms with E-state index in [-0.39, 0.29) is 0 Å². The van der Waals surface area contributed by atoms with Gasteiger partial charge in [0.1, 0.15) is 0 Å². The van der Waals surface area contributed by atoms with Gasteiger partial charge in [0.25, 0.3) is 0 Å². The number of rotatable bonds is 2. The molecule has 0 heterocycles. The Morgan fingerprint density at radius 1 is 1.20 bits per heavy atom. The molecule has 1 rings (SSSR count). The van der Waals surface area contributed by atoms with Crippen LogP contribution in [0.1, 0.15) is 5.56 Å². The molecule has 0 aromatic heterocycles. The Bertz CT molecular complexity index is 201. The molecule has 0 amide bonds. The predicted molar refractivity (Wildman–Crippen MR) is 54.4 cm³/mol. The minimum absolute atomic E-state index is 1.08. The number of halogens is 1. The zero-order valence-corrected chi connectivity index (χ0v) is 7.78. The third-order valence-corrected chi connectivity index (χ3v) is 1.71. The lowest BCUT2D eigenvalue weighted by Gasteiger charge is -1.88. The Labute approximate surface area is 75.1 Å². The van der Waals surface area contributed by atoms with Gasteiger partial charge in [0.2, 0.25) is 0 Å². The highest BCUT2D eigenvalue weighted by Gasteiger charge is 1.79. The summed E-state index contributed by atoms with van der Waals surface area (Å²) >= 11 is 2.33. The van der Waals surface area contributed by atoms with Crippen molar-refractivity contribution in [3.8, 4) is 0 Å². The normalized spacial score (nSPS) is 10.5. The van der Waals surface area contributed by atoms with Crippen LogP contribution in [0.25, 0.3) is 6.08 Å². The zero-order valence-electron chi connectivity index (χ0n) is 5.63. The van der Waals surface area contributed by atoms with Crippen LogP contribution in [-0.2, 0) is 0 Å². The minimum atomic E-state index is 1.08. The molecule has 0 fully saturated rings. The average Bonchev–Trinajstić information content (AvgIpc) is 2.03.